The molecule has 0 saturated carbocycles. The fraction of sp³-hybridized carbons (Fsp3) is 0.600. The van der Waals surface area contributed by atoms with Gasteiger partial charge in [-0.3, -0.25) is 0 Å². The van der Waals surface area contributed by atoms with Crippen LogP contribution in [0.1, 0.15) is 34.8 Å². The number of hydrogen-bond donors (Lipinski definition) is 4. The Morgan fingerprint density at radius 2 is 2.22 bits per heavy atom. The molecule has 0 fully saturated rings. The fourth-order valence-electron chi connectivity index (χ4n) is 1.36. The van der Waals surface area contributed by atoms with Crippen LogP contribution in [0, 0.1) is 0 Å². The van der Waals surface area contributed by atoms with Gasteiger partial charge in [-0.05, 0) is 13.3 Å². The van der Waals surface area contributed by atoms with E-state index in [1.165, 1.54) is 0 Å². The number of aliphatic hydroxyl groups is 3. The largest absolute Gasteiger partial charge is 0.461 e. The van der Waals surface area contributed by atoms with Gasteiger partial charge in [0.05, 0.1) is 17.6 Å². The first-order chi connectivity index (χ1) is 8.51. The van der Waals surface area contributed by atoms with Crippen LogP contribution in [0.5, 0.6) is 0 Å². The van der Waals surface area contributed by atoms with Gasteiger partial charge in [-0.2, -0.15) is 0 Å². The van der Waals surface area contributed by atoms with Crippen molar-refractivity contribution < 1.29 is 24.9 Å². The molecule has 18 heavy (non-hydrogen) atoms. The Balaban J connectivity index is 2.97. The summed E-state index contributed by atoms with van der Waals surface area (Å²) in [5, 5.41) is 28.3. The van der Waals surface area contributed by atoms with Crippen LogP contribution in [0.2, 0.25) is 0 Å². The molecule has 102 valence electrons. The molecule has 0 aliphatic heterocycles. The van der Waals surface area contributed by atoms with Crippen LogP contribution in [0.3, 0.4) is 0 Å². The number of esters is 1. The second-order valence-corrected chi connectivity index (χ2v) is 4.57. The van der Waals surface area contributed by atoms with Gasteiger partial charge in [-0.1, -0.05) is 11.3 Å². The second kappa shape index (κ2) is 6.64. The number of anilines is 1. The highest BCUT2D eigenvalue weighted by atomic mass is 32.1. The van der Waals surface area contributed by atoms with Gasteiger partial charge >= 0.3 is 5.97 Å². The smallest absolute Gasteiger partial charge is 0.358 e. The van der Waals surface area contributed by atoms with Crippen molar-refractivity contribution in [2.75, 3.05) is 18.9 Å². The Morgan fingerprint density at radius 3 is 2.78 bits per heavy atom. The molecule has 0 aliphatic rings. The molecular weight excluding hydrogens is 260 g/mol. The number of aromatic nitrogens is 1. The Labute approximate surface area is 108 Å². The Morgan fingerprint density at radius 1 is 1.56 bits per heavy atom. The number of rotatable bonds is 6. The van der Waals surface area contributed by atoms with Crippen LogP contribution in [-0.2, 0) is 4.74 Å². The van der Waals surface area contributed by atoms with Crippen LogP contribution in [0.4, 0.5) is 5.13 Å². The number of nitrogens with zero attached hydrogens (tertiary/aromatic N) is 1. The van der Waals surface area contributed by atoms with E-state index in [9.17, 15) is 15.0 Å². The van der Waals surface area contributed by atoms with Crippen molar-refractivity contribution >= 4 is 22.4 Å². The number of aliphatic hydroxyl groups excluding tert-OH is 3. The van der Waals surface area contributed by atoms with E-state index in [2.05, 4.69) is 4.98 Å². The average Bonchev–Trinajstić information content (AvgIpc) is 2.71. The standard InChI is InChI=1S/C10H16N2O5S/c1-2-17-9(16)6-8(18-10(11)12-6)7(15)5(14)3-4-13/h5,7,13-15H,2-4H2,1H3,(H2,11,12). The van der Waals surface area contributed by atoms with Gasteiger partial charge in [-0.25, -0.2) is 9.78 Å². The van der Waals surface area contributed by atoms with Gasteiger partial charge in [0.15, 0.2) is 10.8 Å². The number of thiazole rings is 1. The summed E-state index contributed by atoms with van der Waals surface area (Å²) in [4.78, 5) is 15.5. The molecule has 1 aromatic heterocycles. The molecule has 0 amide bonds. The van der Waals surface area contributed by atoms with E-state index in [4.69, 9.17) is 15.6 Å². The molecule has 1 heterocycles. The summed E-state index contributed by atoms with van der Waals surface area (Å²) in [7, 11) is 0. The highest BCUT2D eigenvalue weighted by Gasteiger charge is 2.28. The minimum absolute atomic E-state index is 0.0127. The van der Waals surface area contributed by atoms with E-state index in [-0.39, 0.29) is 35.3 Å². The van der Waals surface area contributed by atoms with Crippen molar-refractivity contribution in [3.8, 4) is 0 Å². The molecule has 7 nitrogen and oxygen atoms in total. The summed E-state index contributed by atoms with van der Waals surface area (Å²) < 4.78 is 4.78. The molecule has 1 rings (SSSR count). The minimum atomic E-state index is -1.33. The van der Waals surface area contributed by atoms with Crippen LogP contribution in [0.25, 0.3) is 0 Å². The van der Waals surface area contributed by atoms with Crippen LogP contribution in [-0.4, -0.2) is 45.6 Å². The van der Waals surface area contributed by atoms with Gasteiger partial charge in [0.25, 0.3) is 0 Å². The van der Waals surface area contributed by atoms with Crippen LogP contribution >= 0.6 is 11.3 Å². The zero-order valence-electron chi connectivity index (χ0n) is 9.87. The first-order valence-corrected chi connectivity index (χ1v) is 6.23. The Kier molecular flexibility index (Phi) is 5.48. The lowest BCUT2D eigenvalue weighted by Gasteiger charge is -2.15. The average molecular weight is 276 g/mol. The molecule has 0 aromatic carbocycles. The zero-order valence-corrected chi connectivity index (χ0v) is 10.7. The Hall–Kier alpha value is -1.22. The first-order valence-electron chi connectivity index (χ1n) is 5.41. The van der Waals surface area contributed by atoms with Gasteiger partial charge in [0, 0.05) is 6.61 Å². The van der Waals surface area contributed by atoms with Gasteiger partial charge < -0.3 is 25.8 Å². The molecule has 0 bridgehead atoms. The van der Waals surface area contributed by atoms with E-state index in [1.54, 1.807) is 6.92 Å². The lowest BCUT2D eigenvalue weighted by atomic mass is 10.1. The molecule has 0 saturated heterocycles. The predicted octanol–water partition coefficient (Wildman–Crippen LogP) is -0.321. The predicted molar refractivity (Wildman–Crippen MR) is 65.2 cm³/mol. The molecule has 2 unspecified atom stereocenters. The molecule has 8 heteroatoms. The molecule has 5 N–H and O–H groups in total. The highest BCUT2D eigenvalue weighted by molar-refractivity contribution is 7.15. The maximum atomic E-state index is 11.6. The summed E-state index contributed by atoms with van der Waals surface area (Å²) in [6, 6.07) is 0. The lowest BCUT2D eigenvalue weighted by molar-refractivity contribution is 0.00503. The van der Waals surface area contributed by atoms with E-state index < -0.39 is 18.2 Å². The third kappa shape index (κ3) is 3.39. The Bertz CT molecular complexity index is 409. The summed E-state index contributed by atoms with van der Waals surface area (Å²) in [6.45, 7) is 1.54. The van der Waals surface area contributed by atoms with Gasteiger partial charge in [0.1, 0.15) is 6.10 Å². The molecule has 0 spiro atoms. The minimum Gasteiger partial charge on any atom is -0.461 e. The topological polar surface area (TPSA) is 126 Å². The van der Waals surface area contributed by atoms with Crippen LogP contribution < -0.4 is 5.73 Å². The number of nitrogen functional groups attached to an aromatic ring is 1. The van der Waals surface area contributed by atoms with E-state index in [0.29, 0.717) is 0 Å². The lowest BCUT2D eigenvalue weighted by Crippen LogP contribution is -2.21. The van der Waals surface area contributed by atoms with E-state index in [1.807, 2.05) is 0 Å². The van der Waals surface area contributed by atoms with E-state index >= 15 is 0 Å². The zero-order chi connectivity index (χ0) is 13.7. The van der Waals surface area contributed by atoms with Crippen molar-refractivity contribution in [2.45, 2.75) is 25.6 Å². The summed E-state index contributed by atoms with van der Waals surface area (Å²) in [5.74, 6) is -0.698. The van der Waals surface area contributed by atoms with Crippen molar-refractivity contribution in [3.63, 3.8) is 0 Å². The van der Waals surface area contributed by atoms with Crippen LogP contribution in [0.15, 0.2) is 0 Å². The van der Waals surface area contributed by atoms with Gasteiger partial charge in [0.2, 0.25) is 0 Å². The van der Waals surface area contributed by atoms with E-state index in [0.717, 1.165) is 11.3 Å². The molecule has 0 aliphatic carbocycles. The highest BCUT2D eigenvalue weighted by Crippen LogP contribution is 2.30. The quantitative estimate of drug-likeness (QED) is 0.524. The molecule has 1 aromatic rings. The number of nitrogens with two attached hydrogens (primary N) is 1. The van der Waals surface area contributed by atoms with Crippen molar-refractivity contribution in [3.05, 3.63) is 10.6 Å². The number of carbonyl (C=O) groups excluding carboxylic acids is 1. The summed E-state index contributed by atoms with van der Waals surface area (Å²) >= 11 is 0.905. The summed E-state index contributed by atoms with van der Waals surface area (Å²) in [6.07, 6.45) is -2.53. The number of carbonyl (C=O) groups is 1. The molecular formula is C10H16N2O5S. The maximum Gasteiger partial charge on any atom is 0.358 e. The van der Waals surface area contributed by atoms with Gasteiger partial charge in [-0.15, -0.1) is 0 Å². The van der Waals surface area contributed by atoms with Crippen molar-refractivity contribution in [1.82, 2.24) is 4.98 Å². The maximum absolute atomic E-state index is 11.6. The van der Waals surface area contributed by atoms with Crippen molar-refractivity contribution in [1.29, 1.82) is 0 Å². The van der Waals surface area contributed by atoms with Crippen molar-refractivity contribution in [2.24, 2.45) is 0 Å². The second-order valence-electron chi connectivity index (χ2n) is 3.51. The summed E-state index contributed by atoms with van der Waals surface area (Å²) in [5.41, 5.74) is 5.39. The normalized spacial score (nSPS) is 14.2. The monoisotopic (exact) mass is 276 g/mol. The fourth-order valence-corrected chi connectivity index (χ4v) is 2.23. The third-order valence-corrected chi connectivity index (χ3v) is 3.15. The molecule has 2 atom stereocenters. The first kappa shape index (κ1) is 14.8. The number of ether oxygens (including phenoxy) is 1. The third-order valence-electron chi connectivity index (χ3n) is 2.20. The SMILES string of the molecule is CCOC(=O)c1nc(N)sc1C(O)C(O)CCO. The number of hydrogen-bond acceptors (Lipinski definition) is 8. The molecule has 0 radical (unpaired) electrons.